The minimum atomic E-state index is -0.531. The highest BCUT2D eigenvalue weighted by Crippen LogP contribution is 2.30. The summed E-state index contributed by atoms with van der Waals surface area (Å²) in [4.78, 5) is 24.4. The molecule has 132 valence electrons. The molecule has 1 amide bonds. The number of carbonyl (C=O) groups excluding carboxylic acids is 1. The lowest BCUT2D eigenvalue weighted by atomic mass is 10.0. The van der Waals surface area contributed by atoms with Gasteiger partial charge in [0.25, 0.3) is 0 Å². The maximum absolute atomic E-state index is 12.3. The van der Waals surface area contributed by atoms with Crippen molar-refractivity contribution in [3.05, 3.63) is 45.0 Å². The molecule has 6 heteroatoms. The van der Waals surface area contributed by atoms with Crippen LogP contribution in [0.4, 0.5) is 0 Å². The van der Waals surface area contributed by atoms with Crippen LogP contribution < -0.4 is 10.9 Å². The highest BCUT2D eigenvalue weighted by Gasteiger charge is 2.18. The second-order valence-electron chi connectivity index (χ2n) is 6.45. The lowest BCUT2D eigenvalue weighted by Gasteiger charge is -2.12. The topological polar surface area (TPSA) is 92.7 Å². The molecule has 0 spiro atoms. The molecular formula is C19H21NO5. The third kappa shape index (κ3) is 3.05. The summed E-state index contributed by atoms with van der Waals surface area (Å²) in [6.07, 6.45) is -0.0874. The quantitative estimate of drug-likeness (QED) is 0.710. The monoisotopic (exact) mass is 343 g/mol. The molecule has 3 rings (SSSR count). The number of aliphatic hydroxyl groups excluding tert-OH is 1. The molecule has 2 N–H and O–H groups in total. The molecule has 6 nitrogen and oxygen atoms in total. The van der Waals surface area contributed by atoms with E-state index in [1.165, 1.54) is 0 Å². The summed E-state index contributed by atoms with van der Waals surface area (Å²) in [6, 6.07) is 3.29. The van der Waals surface area contributed by atoms with Crippen LogP contribution in [0.2, 0.25) is 0 Å². The van der Waals surface area contributed by atoms with Crippen LogP contribution in [-0.4, -0.2) is 23.7 Å². The summed E-state index contributed by atoms with van der Waals surface area (Å²) < 4.78 is 11.1. The third-order valence-electron chi connectivity index (χ3n) is 4.60. The zero-order valence-electron chi connectivity index (χ0n) is 14.7. The number of fused-ring (bicyclic) bond motifs is 2. The van der Waals surface area contributed by atoms with Crippen molar-refractivity contribution in [2.45, 2.75) is 40.2 Å². The smallest absolute Gasteiger partial charge is 0.340 e. The van der Waals surface area contributed by atoms with Crippen LogP contribution in [0.15, 0.2) is 25.8 Å². The predicted octanol–water partition coefficient (Wildman–Crippen LogP) is 2.50. The van der Waals surface area contributed by atoms with Crippen molar-refractivity contribution >= 4 is 27.8 Å². The minimum absolute atomic E-state index is 0.0874. The van der Waals surface area contributed by atoms with Crippen LogP contribution >= 0.6 is 0 Å². The summed E-state index contributed by atoms with van der Waals surface area (Å²) in [6.45, 7) is 7.21. The average molecular weight is 343 g/mol. The second-order valence-corrected chi connectivity index (χ2v) is 6.45. The van der Waals surface area contributed by atoms with Gasteiger partial charge in [0.05, 0.1) is 18.6 Å². The van der Waals surface area contributed by atoms with Gasteiger partial charge in [-0.2, -0.15) is 0 Å². The molecule has 0 unspecified atom stereocenters. The van der Waals surface area contributed by atoms with Crippen molar-refractivity contribution in [1.29, 1.82) is 0 Å². The maximum Gasteiger partial charge on any atom is 0.340 e. The number of rotatable bonds is 4. The van der Waals surface area contributed by atoms with Gasteiger partial charge in [-0.05, 0) is 44.9 Å². The molecular weight excluding hydrogens is 322 g/mol. The van der Waals surface area contributed by atoms with Gasteiger partial charge in [-0.15, -0.1) is 0 Å². The van der Waals surface area contributed by atoms with Crippen LogP contribution in [0.5, 0.6) is 0 Å². The van der Waals surface area contributed by atoms with E-state index in [0.29, 0.717) is 16.7 Å². The molecule has 0 fully saturated rings. The summed E-state index contributed by atoms with van der Waals surface area (Å²) in [7, 11) is 0. The Kier molecular flexibility index (Phi) is 4.39. The van der Waals surface area contributed by atoms with Crippen molar-refractivity contribution in [3.8, 4) is 0 Å². The standard InChI is InChI=1S/C19H21NO5/c1-9(8-21)20-18(22)6-15-11(3)14-5-13-10(2)12(4)24-16(13)7-17(14)25-19(15)23/h5,7,9,21H,6,8H2,1-4H3,(H,20,22)/t9-/m0/s1. The summed E-state index contributed by atoms with van der Waals surface area (Å²) in [5.74, 6) is 0.496. The molecule has 0 bridgehead atoms. The molecule has 2 heterocycles. The first kappa shape index (κ1) is 17.2. The summed E-state index contributed by atoms with van der Waals surface area (Å²) in [5.41, 5.74) is 2.67. The minimum Gasteiger partial charge on any atom is -0.461 e. The molecule has 1 aromatic carbocycles. The molecule has 25 heavy (non-hydrogen) atoms. The molecule has 0 aliphatic carbocycles. The van der Waals surface area contributed by atoms with Crippen LogP contribution in [0.1, 0.15) is 29.4 Å². The van der Waals surface area contributed by atoms with Gasteiger partial charge in [0, 0.05) is 22.9 Å². The van der Waals surface area contributed by atoms with E-state index in [1.54, 1.807) is 13.0 Å². The zero-order chi connectivity index (χ0) is 18.3. The van der Waals surface area contributed by atoms with Crippen molar-refractivity contribution < 1.29 is 18.7 Å². The Balaban J connectivity index is 2.11. The molecule has 0 saturated heterocycles. The van der Waals surface area contributed by atoms with E-state index in [2.05, 4.69) is 5.32 Å². The Bertz CT molecular complexity index is 1030. The molecule has 3 aromatic rings. The van der Waals surface area contributed by atoms with Gasteiger partial charge in [0.1, 0.15) is 16.9 Å². The average Bonchev–Trinajstić information content (AvgIpc) is 2.84. The molecule has 0 aliphatic rings. The van der Waals surface area contributed by atoms with Crippen molar-refractivity contribution in [2.24, 2.45) is 0 Å². The Morgan fingerprint density at radius 3 is 2.44 bits per heavy atom. The first-order valence-electron chi connectivity index (χ1n) is 8.18. The fourth-order valence-electron chi connectivity index (χ4n) is 2.96. The number of aliphatic hydroxyl groups is 1. The van der Waals surface area contributed by atoms with E-state index in [0.717, 1.165) is 27.7 Å². The van der Waals surface area contributed by atoms with Crippen molar-refractivity contribution in [1.82, 2.24) is 5.32 Å². The van der Waals surface area contributed by atoms with Crippen molar-refractivity contribution in [3.63, 3.8) is 0 Å². The Labute approximate surface area is 144 Å². The first-order valence-corrected chi connectivity index (χ1v) is 8.18. The Hall–Kier alpha value is -2.60. The summed E-state index contributed by atoms with van der Waals surface area (Å²) in [5, 5.41) is 13.4. The fourth-order valence-corrected chi connectivity index (χ4v) is 2.96. The number of hydrogen-bond donors (Lipinski definition) is 2. The summed E-state index contributed by atoms with van der Waals surface area (Å²) >= 11 is 0. The van der Waals surface area contributed by atoms with E-state index >= 15 is 0 Å². The fraction of sp³-hybridized carbons (Fsp3) is 0.368. The highest BCUT2D eigenvalue weighted by molar-refractivity contribution is 5.97. The van der Waals surface area contributed by atoms with Gasteiger partial charge >= 0.3 is 5.63 Å². The van der Waals surface area contributed by atoms with E-state index in [4.69, 9.17) is 13.9 Å². The molecule has 1 atom stereocenters. The first-order chi connectivity index (χ1) is 11.8. The SMILES string of the molecule is Cc1oc2cc3oc(=O)c(CC(=O)N[C@@H](C)CO)c(C)c3cc2c1C. The second kappa shape index (κ2) is 6.37. The van der Waals surface area contributed by atoms with E-state index in [1.807, 2.05) is 26.8 Å². The van der Waals surface area contributed by atoms with E-state index in [-0.39, 0.29) is 25.0 Å². The van der Waals surface area contributed by atoms with Gasteiger partial charge in [-0.25, -0.2) is 4.79 Å². The van der Waals surface area contributed by atoms with Gasteiger partial charge in [-0.3, -0.25) is 4.79 Å². The zero-order valence-corrected chi connectivity index (χ0v) is 14.7. The number of furan rings is 1. The number of carbonyl (C=O) groups is 1. The van der Waals surface area contributed by atoms with Crippen molar-refractivity contribution in [2.75, 3.05) is 6.61 Å². The van der Waals surface area contributed by atoms with Gasteiger partial charge in [0.2, 0.25) is 5.91 Å². The molecule has 0 aliphatic heterocycles. The normalized spacial score (nSPS) is 12.7. The van der Waals surface area contributed by atoms with Crippen LogP contribution in [0.3, 0.4) is 0 Å². The van der Waals surface area contributed by atoms with E-state index in [9.17, 15) is 9.59 Å². The maximum atomic E-state index is 12.3. The number of hydrogen-bond acceptors (Lipinski definition) is 5. The number of amides is 1. The number of benzene rings is 1. The lowest BCUT2D eigenvalue weighted by molar-refractivity contribution is -0.121. The largest absolute Gasteiger partial charge is 0.461 e. The predicted molar refractivity (Wildman–Crippen MR) is 94.9 cm³/mol. The third-order valence-corrected chi connectivity index (χ3v) is 4.60. The van der Waals surface area contributed by atoms with Crippen LogP contribution in [0.25, 0.3) is 21.9 Å². The van der Waals surface area contributed by atoms with Gasteiger partial charge in [-0.1, -0.05) is 0 Å². The number of aryl methyl sites for hydroxylation is 3. The van der Waals surface area contributed by atoms with Crippen LogP contribution in [0, 0.1) is 20.8 Å². The van der Waals surface area contributed by atoms with Crippen LogP contribution in [-0.2, 0) is 11.2 Å². The molecule has 0 radical (unpaired) electrons. The highest BCUT2D eigenvalue weighted by atomic mass is 16.4. The molecule has 2 aromatic heterocycles. The van der Waals surface area contributed by atoms with Gasteiger partial charge < -0.3 is 19.3 Å². The molecule has 0 saturated carbocycles. The Morgan fingerprint density at radius 1 is 1.12 bits per heavy atom. The lowest BCUT2D eigenvalue weighted by Crippen LogP contribution is -2.37. The van der Waals surface area contributed by atoms with Gasteiger partial charge in [0.15, 0.2) is 0 Å². The Morgan fingerprint density at radius 2 is 1.76 bits per heavy atom. The number of nitrogens with one attached hydrogen (secondary N) is 1. The van der Waals surface area contributed by atoms with E-state index < -0.39 is 5.63 Å².